The third kappa shape index (κ3) is 19.8. The molecular weight excluding hydrogens is 1580 g/mol. The Bertz CT molecular complexity index is 6300. The number of aromatic nitrogens is 12. The molecule has 638 valence electrons. The summed E-state index contributed by atoms with van der Waals surface area (Å²) in [6, 6.07) is 63.5. The van der Waals surface area contributed by atoms with Crippen LogP contribution in [-0.2, 0) is 26.2 Å². The van der Waals surface area contributed by atoms with Gasteiger partial charge in [-0.15, -0.1) is 0 Å². The van der Waals surface area contributed by atoms with Crippen LogP contribution in [0, 0.1) is 33.5 Å². The molecule has 23 heteroatoms. The Balaban J connectivity index is 0.000000118. The Kier molecular flexibility index (Phi) is 26.1. The first kappa shape index (κ1) is 84.5. The van der Waals surface area contributed by atoms with Crippen LogP contribution < -0.4 is 27.0 Å². The molecule has 0 aliphatic carbocycles. The predicted octanol–water partition coefficient (Wildman–Crippen LogP) is 18.2. The molecule has 0 amide bonds. The number of ether oxygens (including phenoxy) is 1. The molecule has 16 aromatic rings. The van der Waals surface area contributed by atoms with Gasteiger partial charge < -0.3 is 24.3 Å². The van der Waals surface area contributed by atoms with Gasteiger partial charge in [-0.2, -0.15) is 20.4 Å². The quantitative estimate of drug-likeness (QED) is 0.0626. The van der Waals surface area contributed by atoms with Crippen molar-refractivity contribution in [1.82, 2.24) is 77.0 Å². The zero-order chi connectivity index (χ0) is 86.0. The van der Waals surface area contributed by atoms with Gasteiger partial charge in [-0.25, -0.2) is 4.39 Å². The summed E-state index contributed by atoms with van der Waals surface area (Å²) in [6.45, 7) is 27.8. The standard InChI is InChI=1S/C26H28N4O2.C26H28N4O.C25H25ClN4O.C25H25FN4O/c1-2-32-24-8-5-20(6-9-24)21-11-14-29(26(31)18-21)23-7-10-25-22(17-23)19-27-30(25)16-15-28-12-3-4-13-28;1-19-5-7-24(20(2)15-19)21-9-12-29(26(31)17-21)23-6-8-25-22(16-23)18-27-30(25)14-13-28-10-3-4-11-28;2*1-18-4-6-22(23(26)14-18)19-8-11-29(25(31)16-19)21-5-7-24-20(15-21)17-27-30(24)13-12-28-9-2-3-10-28/h5-11,14,17-19H,2-4,12-13,15-16H2,1H3;5-9,12,15-18H,3-4,10-11,13-14H2,1-2H3;2*4-8,11,14-17H,2-3,9-10,12-13H2,1H3. The summed E-state index contributed by atoms with van der Waals surface area (Å²) >= 11 is 6.39. The molecule has 4 aliphatic rings. The molecule has 125 heavy (non-hydrogen) atoms. The summed E-state index contributed by atoms with van der Waals surface area (Å²) in [5.41, 5.74) is 18.3. The minimum Gasteiger partial charge on any atom is -0.494 e. The fourth-order valence-corrected chi connectivity index (χ4v) is 18.1. The number of aryl methyl sites for hydroxylation is 4. The van der Waals surface area contributed by atoms with E-state index < -0.39 is 0 Å². The zero-order valence-corrected chi connectivity index (χ0v) is 72.6. The molecule has 0 unspecified atom stereocenters. The zero-order valence-electron chi connectivity index (χ0n) is 71.8. The highest BCUT2D eigenvalue weighted by atomic mass is 35.5. The van der Waals surface area contributed by atoms with Crippen LogP contribution in [0.5, 0.6) is 5.75 Å². The van der Waals surface area contributed by atoms with Gasteiger partial charge in [-0.1, -0.05) is 71.8 Å². The van der Waals surface area contributed by atoms with E-state index in [1.807, 2.05) is 190 Å². The number of pyridine rings is 4. The summed E-state index contributed by atoms with van der Waals surface area (Å²) < 4.78 is 34.7. The minimum atomic E-state index is -0.320. The molecule has 4 saturated heterocycles. The van der Waals surface area contributed by atoms with Gasteiger partial charge in [0.1, 0.15) is 11.6 Å². The van der Waals surface area contributed by atoms with Crippen molar-refractivity contribution >= 4 is 55.2 Å². The van der Waals surface area contributed by atoms with Crippen molar-refractivity contribution in [3.8, 4) is 73.0 Å². The second-order valence-corrected chi connectivity index (χ2v) is 33.8. The number of fused-ring (bicyclic) bond motifs is 4. The van der Waals surface area contributed by atoms with Crippen LogP contribution in [0.3, 0.4) is 0 Å². The molecular formula is C102H106ClFN16O5. The van der Waals surface area contributed by atoms with Crippen LogP contribution >= 0.6 is 11.6 Å². The SMILES string of the molecule is CCOc1ccc(-c2ccn(-c3ccc4c(cnn4CCN4CCCC4)c3)c(=O)c2)cc1.Cc1ccc(-c2ccn(-c3ccc4c(cnn4CCN4CCCC4)c3)c(=O)c2)c(C)c1.Cc1ccc(-c2ccn(-c3ccc4c(cnn4CCN4CCCC4)c3)c(=O)c2)c(Cl)c1.Cc1ccc(-c2ccn(-c3ccc4c(cnn4CCN4CCCC4)c3)c(=O)c2)c(F)c1. The highest BCUT2D eigenvalue weighted by Gasteiger charge is 2.20. The van der Waals surface area contributed by atoms with Gasteiger partial charge in [0, 0.05) is 136 Å². The molecule has 0 saturated carbocycles. The number of likely N-dealkylation sites (tertiary alicyclic amines) is 4. The molecule has 0 bridgehead atoms. The van der Waals surface area contributed by atoms with E-state index in [0.29, 0.717) is 22.8 Å². The van der Waals surface area contributed by atoms with E-state index in [9.17, 15) is 23.6 Å². The highest BCUT2D eigenvalue weighted by Crippen LogP contribution is 2.32. The van der Waals surface area contributed by atoms with Crippen molar-refractivity contribution in [2.24, 2.45) is 0 Å². The third-order valence-electron chi connectivity index (χ3n) is 24.7. The summed E-state index contributed by atoms with van der Waals surface area (Å²) in [7, 11) is 0. The number of benzene rings is 8. The molecule has 0 radical (unpaired) electrons. The van der Waals surface area contributed by atoms with Gasteiger partial charge >= 0.3 is 0 Å². The van der Waals surface area contributed by atoms with E-state index in [4.69, 9.17) is 16.3 Å². The second-order valence-electron chi connectivity index (χ2n) is 33.4. The topological polar surface area (TPSA) is 181 Å². The van der Waals surface area contributed by atoms with E-state index in [1.165, 1.54) is 127 Å². The van der Waals surface area contributed by atoms with E-state index in [0.717, 1.165) is 169 Å². The summed E-state index contributed by atoms with van der Waals surface area (Å²) in [5.74, 6) is 0.513. The van der Waals surface area contributed by atoms with E-state index >= 15 is 0 Å². The predicted molar refractivity (Wildman–Crippen MR) is 501 cm³/mol. The number of nitrogens with zero attached hydrogens (tertiary/aromatic N) is 16. The lowest BCUT2D eigenvalue weighted by Gasteiger charge is -2.14. The highest BCUT2D eigenvalue weighted by molar-refractivity contribution is 6.33. The van der Waals surface area contributed by atoms with Crippen LogP contribution in [0.15, 0.2) is 269 Å². The lowest BCUT2D eigenvalue weighted by atomic mass is 10.00. The minimum absolute atomic E-state index is 0.0294. The Morgan fingerprint density at radius 1 is 0.320 bits per heavy atom. The van der Waals surface area contributed by atoms with Crippen LogP contribution in [0.25, 0.3) is 111 Å². The smallest absolute Gasteiger partial charge is 0.255 e. The molecule has 0 atom stereocenters. The van der Waals surface area contributed by atoms with Gasteiger partial charge in [0.25, 0.3) is 22.2 Å². The first-order valence-electron chi connectivity index (χ1n) is 43.9. The second kappa shape index (κ2) is 38.6. The van der Waals surface area contributed by atoms with E-state index in [-0.39, 0.29) is 28.1 Å². The lowest BCUT2D eigenvalue weighted by Crippen LogP contribution is -2.24. The van der Waals surface area contributed by atoms with Crippen molar-refractivity contribution in [2.45, 2.75) is 112 Å². The number of halogens is 2. The average Bonchev–Trinajstić information content (AvgIpc) is 1.78. The van der Waals surface area contributed by atoms with Gasteiger partial charge in [0.2, 0.25) is 0 Å². The van der Waals surface area contributed by atoms with Crippen molar-refractivity contribution in [2.75, 3.05) is 85.1 Å². The molecule has 21 nitrogen and oxygen atoms in total. The third-order valence-corrected chi connectivity index (χ3v) is 25.0. The molecule has 0 N–H and O–H groups in total. The molecule has 4 aliphatic heterocycles. The molecule has 4 fully saturated rings. The lowest BCUT2D eigenvalue weighted by molar-refractivity contribution is 0.318. The molecule has 8 aromatic heterocycles. The van der Waals surface area contributed by atoms with Gasteiger partial charge in [0.15, 0.2) is 0 Å². The average molecular weight is 1690 g/mol. The number of hydrogen-bond donors (Lipinski definition) is 0. The monoisotopic (exact) mass is 1690 g/mol. The number of hydrogen-bond acceptors (Lipinski definition) is 13. The Morgan fingerprint density at radius 2 is 0.632 bits per heavy atom. The van der Waals surface area contributed by atoms with Gasteiger partial charge in [0.05, 0.1) is 79.6 Å². The normalized spacial score (nSPS) is 14.5. The van der Waals surface area contributed by atoms with Crippen LogP contribution in [0.4, 0.5) is 4.39 Å². The summed E-state index contributed by atoms with van der Waals surface area (Å²) in [6.07, 6.45) is 25.1. The Labute approximate surface area is 731 Å². The first-order chi connectivity index (χ1) is 60.9. The summed E-state index contributed by atoms with van der Waals surface area (Å²) in [4.78, 5) is 61.4. The maximum absolute atomic E-state index is 14.3. The molecule has 12 heterocycles. The van der Waals surface area contributed by atoms with Crippen molar-refractivity contribution in [1.29, 1.82) is 0 Å². The van der Waals surface area contributed by atoms with Crippen molar-refractivity contribution in [3.63, 3.8) is 0 Å². The van der Waals surface area contributed by atoms with E-state index in [1.54, 1.807) is 54.8 Å². The van der Waals surface area contributed by atoms with Crippen LogP contribution in [0.2, 0.25) is 5.02 Å². The van der Waals surface area contributed by atoms with Crippen LogP contribution in [0.1, 0.15) is 80.5 Å². The Hall–Kier alpha value is -12.7. The van der Waals surface area contributed by atoms with Crippen molar-refractivity contribution in [3.05, 3.63) is 324 Å². The Morgan fingerprint density at radius 3 is 0.968 bits per heavy atom. The van der Waals surface area contributed by atoms with Gasteiger partial charge in [-0.05, 0) is 310 Å². The van der Waals surface area contributed by atoms with Crippen LogP contribution in [-0.4, -0.2) is 162 Å². The van der Waals surface area contributed by atoms with E-state index in [2.05, 4.69) is 104 Å². The first-order valence-corrected chi connectivity index (χ1v) is 44.3. The molecule has 20 rings (SSSR count). The fourth-order valence-electron chi connectivity index (χ4n) is 17.8. The largest absolute Gasteiger partial charge is 0.494 e. The maximum atomic E-state index is 14.3. The molecule has 0 spiro atoms. The fraction of sp³-hybridized carbons (Fsp3) is 0.294. The maximum Gasteiger partial charge on any atom is 0.255 e. The molecule has 8 aromatic carbocycles. The summed E-state index contributed by atoms with van der Waals surface area (Å²) in [5, 5.41) is 23.1. The van der Waals surface area contributed by atoms with Gasteiger partial charge in [-0.3, -0.25) is 56.2 Å². The van der Waals surface area contributed by atoms with Crippen molar-refractivity contribution < 1.29 is 9.13 Å². The number of rotatable bonds is 22.